The third-order valence-electron chi connectivity index (χ3n) is 5.00. The van der Waals surface area contributed by atoms with Crippen LogP contribution in [0, 0.1) is 6.92 Å². The molecule has 0 saturated carbocycles. The first-order chi connectivity index (χ1) is 12.6. The number of benzene rings is 2. The first-order valence-corrected chi connectivity index (χ1v) is 10.1. The molecule has 0 unspecified atom stereocenters. The Morgan fingerprint density at radius 3 is 2.77 bits per heavy atom. The Hall–Kier alpha value is -2.04. The number of Topliss-reactive ketones (excluding diaryl/α,β-unsaturated/α-hetero) is 1. The van der Waals surface area contributed by atoms with Crippen molar-refractivity contribution in [3.8, 4) is 0 Å². The smallest absolute Gasteiger partial charge is 0.179 e. The lowest BCUT2D eigenvalue weighted by Crippen LogP contribution is -2.23. The zero-order chi connectivity index (χ0) is 18.1. The summed E-state index contributed by atoms with van der Waals surface area (Å²) in [5.74, 6) is 0.821. The minimum Gasteiger partial charge on any atom is -0.390 e. The molecule has 0 amide bonds. The van der Waals surface area contributed by atoms with E-state index in [0.717, 1.165) is 28.9 Å². The lowest BCUT2D eigenvalue weighted by molar-refractivity contribution is 0.0959. The quantitative estimate of drug-likeness (QED) is 0.671. The van der Waals surface area contributed by atoms with Crippen molar-refractivity contribution in [2.45, 2.75) is 43.7 Å². The summed E-state index contributed by atoms with van der Waals surface area (Å²) in [6.07, 6.45) is 1.97. The largest absolute Gasteiger partial charge is 0.390 e. The maximum absolute atomic E-state index is 12.6. The molecule has 1 heterocycles. The molecule has 134 valence electrons. The number of nitrogens with zero attached hydrogens (tertiary/aromatic N) is 1. The Kier molecular flexibility index (Phi) is 4.88. The van der Waals surface area contributed by atoms with Gasteiger partial charge in [0.1, 0.15) is 0 Å². The van der Waals surface area contributed by atoms with Gasteiger partial charge >= 0.3 is 0 Å². The highest BCUT2D eigenvalue weighted by molar-refractivity contribution is 7.99. The molecule has 3 aromatic rings. The summed E-state index contributed by atoms with van der Waals surface area (Å²) in [4.78, 5) is 13.8. The van der Waals surface area contributed by atoms with Crippen molar-refractivity contribution >= 4 is 28.4 Å². The van der Waals surface area contributed by atoms with Crippen molar-refractivity contribution in [1.82, 2.24) is 4.57 Å². The molecule has 0 bridgehead atoms. The highest BCUT2D eigenvalue weighted by atomic mass is 32.2. The number of aliphatic hydroxyl groups excluding tert-OH is 1. The van der Waals surface area contributed by atoms with E-state index < -0.39 is 6.10 Å². The maximum atomic E-state index is 12.6. The molecule has 0 radical (unpaired) electrons. The van der Waals surface area contributed by atoms with Gasteiger partial charge in [-0.05, 0) is 49.6 Å². The van der Waals surface area contributed by atoms with Gasteiger partial charge in [-0.2, -0.15) is 0 Å². The third kappa shape index (κ3) is 3.31. The Balaban J connectivity index is 1.63. The van der Waals surface area contributed by atoms with Gasteiger partial charge in [0.25, 0.3) is 0 Å². The van der Waals surface area contributed by atoms with Crippen LogP contribution < -0.4 is 0 Å². The van der Waals surface area contributed by atoms with E-state index in [1.54, 1.807) is 11.8 Å². The fourth-order valence-electron chi connectivity index (χ4n) is 3.82. The Bertz CT molecular complexity index is 946. The second-order valence-electron chi connectivity index (χ2n) is 7.01. The Morgan fingerprint density at radius 1 is 1.15 bits per heavy atom. The summed E-state index contributed by atoms with van der Waals surface area (Å²) in [5.41, 5.74) is 4.26. The molecule has 4 heteroatoms. The van der Waals surface area contributed by atoms with E-state index in [2.05, 4.69) is 41.8 Å². The van der Waals surface area contributed by atoms with Crippen LogP contribution in [0.15, 0.2) is 53.4 Å². The molecule has 4 rings (SSSR count). The second-order valence-corrected chi connectivity index (χ2v) is 8.11. The zero-order valence-electron chi connectivity index (χ0n) is 14.9. The van der Waals surface area contributed by atoms with Crippen molar-refractivity contribution in [2.75, 3.05) is 5.75 Å². The molecular weight excluding hydrogens is 342 g/mol. The summed E-state index contributed by atoms with van der Waals surface area (Å²) >= 11 is 1.65. The molecule has 2 aromatic carbocycles. The van der Waals surface area contributed by atoms with Gasteiger partial charge in [-0.25, -0.2) is 0 Å². The number of carbonyl (C=O) groups excluding carboxylic acids is 1. The monoisotopic (exact) mass is 365 g/mol. The molecule has 0 fully saturated rings. The van der Waals surface area contributed by atoms with Gasteiger partial charge < -0.3 is 9.67 Å². The fourth-order valence-corrected chi connectivity index (χ4v) is 4.66. The van der Waals surface area contributed by atoms with Crippen LogP contribution in [-0.2, 0) is 13.0 Å². The number of ketones is 1. The number of aromatic nitrogens is 1. The Labute approximate surface area is 158 Å². The molecular formula is C22H23NO2S. The zero-order valence-corrected chi connectivity index (χ0v) is 15.8. The van der Waals surface area contributed by atoms with Gasteiger partial charge in [0, 0.05) is 28.0 Å². The van der Waals surface area contributed by atoms with Gasteiger partial charge in [-0.15, -0.1) is 11.8 Å². The van der Waals surface area contributed by atoms with Gasteiger partial charge in [-0.3, -0.25) is 4.79 Å². The topological polar surface area (TPSA) is 42.2 Å². The SMILES string of the molecule is Cc1ccc2c(c1)c1c(n2C[C@H](O)CSc2ccccc2)C(=O)CCC1. The summed E-state index contributed by atoms with van der Waals surface area (Å²) in [7, 11) is 0. The van der Waals surface area contributed by atoms with Crippen molar-refractivity contribution < 1.29 is 9.90 Å². The van der Waals surface area contributed by atoms with Crippen LogP contribution >= 0.6 is 11.8 Å². The molecule has 1 N–H and O–H groups in total. The number of rotatable bonds is 5. The standard InChI is InChI=1S/C22H23NO2S/c1-15-10-11-20-19(12-15)18-8-5-9-21(25)22(18)23(20)13-16(24)14-26-17-6-3-2-4-7-17/h2-4,6-7,10-12,16,24H,5,8-9,13-14H2,1H3/t16-/m0/s1. The molecule has 1 aliphatic rings. The van der Waals surface area contributed by atoms with E-state index in [-0.39, 0.29) is 5.78 Å². The van der Waals surface area contributed by atoms with Crippen LogP contribution in [-0.4, -0.2) is 27.3 Å². The van der Waals surface area contributed by atoms with Gasteiger partial charge in [0.2, 0.25) is 0 Å². The van der Waals surface area contributed by atoms with Crippen molar-refractivity contribution in [1.29, 1.82) is 0 Å². The van der Waals surface area contributed by atoms with Crippen LogP contribution in [0.3, 0.4) is 0 Å². The van der Waals surface area contributed by atoms with Gasteiger partial charge in [0.15, 0.2) is 5.78 Å². The predicted octanol–water partition coefficient (Wildman–Crippen LogP) is 4.62. The van der Waals surface area contributed by atoms with Gasteiger partial charge in [0.05, 0.1) is 18.3 Å². The average molecular weight is 365 g/mol. The summed E-state index contributed by atoms with van der Waals surface area (Å²) in [6.45, 7) is 2.54. The second kappa shape index (κ2) is 7.29. The van der Waals surface area contributed by atoms with Gasteiger partial charge in [-0.1, -0.05) is 29.8 Å². The van der Waals surface area contributed by atoms with Crippen LogP contribution in [0.2, 0.25) is 0 Å². The Morgan fingerprint density at radius 2 is 1.96 bits per heavy atom. The number of aryl methyl sites for hydroxylation is 2. The van der Waals surface area contributed by atoms with Crippen LogP contribution in [0.25, 0.3) is 10.9 Å². The van der Waals surface area contributed by atoms with Crippen LogP contribution in [0.4, 0.5) is 0 Å². The normalized spacial score (nSPS) is 15.2. The predicted molar refractivity (Wildman–Crippen MR) is 107 cm³/mol. The molecule has 1 aliphatic carbocycles. The lowest BCUT2D eigenvalue weighted by Gasteiger charge is -2.18. The average Bonchev–Trinajstić information content (AvgIpc) is 2.95. The molecule has 1 aromatic heterocycles. The fraction of sp³-hybridized carbons (Fsp3) is 0.318. The molecule has 26 heavy (non-hydrogen) atoms. The number of carbonyl (C=O) groups is 1. The minimum absolute atomic E-state index is 0.211. The van der Waals surface area contributed by atoms with Crippen LogP contribution in [0.5, 0.6) is 0 Å². The highest BCUT2D eigenvalue weighted by Gasteiger charge is 2.26. The van der Waals surface area contributed by atoms with Crippen molar-refractivity contribution in [3.05, 3.63) is 65.4 Å². The van der Waals surface area contributed by atoms with Crippen molar-refractivity contribution in [2.24, 2.45) is 0 Å². The van der Waals surface area contributed by atoms with E-state index in [4.69, 9.17) is 0 Å². The van der Waals surface area contributed by atoms with E-state index in [9.17, 15) is 9.90 Å². The number of fused-ring (bicyclic) bond motifs is 3. The number of hydrogen-bond donors (Lipinski definition) is 1. The molecule has 3 nitrogen and oxygen atoms in total. The third-order valence-corrected chi connectivity index (χ3v) is 6.15. The van der Waals surface area contributed by atoms with E-state index in [0.29, 0.717) is 18.7 Å². The molecule has 0 saturated heterocycles. The molecule has 0 aliphatic heterocycles. The molecule has 1 atom stereocenters. The number of hydrogen-bond acceptors (Lipinski definition) is 3. The number of aliphatic hydroxyl groups is 1. The van der Waals surface area contributed by atoms with E-state index in [1.165, 1.54) is 16.5 Å². The summed E-state index contributed by atoms with van der Waals surface area (Å²) in [5, 5.41) is 11.8. The summed E-state index contributed by atoms with van der Waals surface area (Å²) in [6, 6.07) is 16.5. The van der Waals surface area contributed by atoms with Crippen molar-refractivity contribution in [3.63, 3.8) is 0 Å². The minimum atomic E-state index is -0.504. The number of thioether (sulfide) groups is 1. The lowest BCUT2D eigenvalue weighted by atomic mass is 9.94. The summed E-state index contributed by atoms with van der Waals surface area (Å²) < 4.78 is 2.06. The first-order valence-electron chi connectivity index (χ1n) is 9.14. The first kappa shape index (κ1) is 17.4. The maximum Gasteiger partial charge on any atom is 0.179 e. The van der Waals surface area contributed by atoms with Crippen LogP contribution in [0.1, 0.15) is 34.5 Å². The highest BCUT2D eigenvalue weighted by Crippen LogP contribution is 2.33. The van der Waals surface area contributed by atoms with E-state index in [1.807, 2.05) is 18.2 Å². The molecule has 0 spiro atoms. The van der Waals surface area contributed by atoms with E-state index >= 15 is 0 Å².